The van der Waals surface area contributed by atoms with Crippen molar-refractivity contribution in [1.82, 2.24) is 0 Å². The lowest BCUT2D eigenvalue weighted by Crippen LogP contribution is -2.44. The van der Waals surface area contributed by atoms with Crippen LogP contribution in [0.15, 0.2) is 12.2 Å². The second-order valence-corrected chi connectivity index (χ2v) is 12.5. The Labute approximate surface area is 246 Å². The van der Waals surface area contributed by atoms with Crippen LogP contribution in [0, 0.1) is 0 Å². The molecule has 0 bridgehead atoms. The minimum absolute atomic E-state index is 0.495. The van der Waals surface area contributed by atoms with Gasteiger partial charge in [0.2, 0.25) is 0 Å². The van der Waals surface area contributed by atoms with Gasteiger partial charge in [-0.25, -0.2) is 0 Å². The molecule has 3 unspecified atom stereocenters. The van der Waals surface area contributed by atoms with Crippen molar-refractivity contribution in [2.75, 3.05) is 0 Å². The van der Waals surface area contributed by atoms with E-state index in [9.17, 15) is 10.2 Å². The average molecular weight is 552 g/mol. The number of unbranched alkanes of at least 4 members (excludes halogenated alkanes) is 24. The van der Waals surface area contributed by atoms with Gasteiger partial charge in [0, 0.05) is 0 Å². The van der Waals surface area contributed by atoms with E-state index in [1.54, 1.807) is 0 Å². The first-order valence-corrected chi connectivity index (χ1v) is 17.9. The Morgan fingerprint density at radius 2 is 0.667 bits per heavy atom. The highest BCUT2D eigenvalue weighted by Gasteiger charge is 2.22. The van der Waals surface area contributed by atoms with E-state index in [2.05, 4.69) is 26.0 Å². The quantitative estimate of drug-likeness (QED) is 0.0575. The molecule has 0 saturated heterocycles. The van der Waals surface area contributed by atoms with Crippen LogP contribution in [0.5, 0.6) is 0 Å². The van der Waals surface area contributed by atoms with E-state index in [4.69, 9.17) is 5.73 Å². The summed E-state index contributed by atoms with van der Waals surface area (Å²) in [5, 5.41) is 20.8. The third kappa shape index (κ3) is 28.9. The van der Waals surface area contributed by atoms with Crippen LogP contribution in [0.2, 0.25) is 0 Å². The Hall–Kier alpha value is -0.380. The lowest BCUT2D eigenvalue weighted by atomic mass is 9.96. The molecule has 0 heterocycles. The molecule has 3 nitrogen and oxygen atoms in total. The van der Waals surface area contributed by atoms with E-state index in [0.717, 1.165) is 32.1 Å². The molecule has 0 aromatic rings. The van der Waals surface area contributed by atoms with Gasteiger partial charge in [0.1, 0.15) is 0 Å². The zero-order valence-electron chi connectivity index (χ0n) is 26.9. The molecule has 0 aliphatic heterocycles. The first-order valence-electron chi connectivity index (χ1n) is 17.9. The van der Waals surface area contributed by atoms with Crippen molar-refractivity contribution in [3.63, 3.8) is 0 Å². The number of nitrogens with two attached hydrogens (primary N) is 1. The van der Waals surface area contributed by atoms with E-state index in [1.165, 1.54) is 154 Å². The third-order valence-electron chi connectivity index (χ3n) is 8.50. The van der Waals surface area contributed by atoms with Crippen LogP contribution in [-0.4, -0.2) is 28.5 Å². The fraction of sp³-hybridized carbons (Fsp3) is 0.944. The fourth-order valence-corrected chi connectivity index (χ4v) is 5.61. The summed E-state index contributed by atoms with van der Waals surface area (Å²) in [7, 11) is 0. The molecule has 4 N–H and O–H groups in total. The summed E-state index contributed by atoms with van der Waals surface area (Å²) in [5.74, 6) is 0. The summed E-state index contributed by atoms with van der Waals surface area (Å²) in [4.78, 5) is 0. The van der Waals surface area contributed by atoms with Gasteiger partial charge < -0.3 is 15.9 Å². The van der Waals surface area contributed by atoms with Crippen LogP contribution in [0.25, 0.3) is 0 Å². The minimum atomic E-state index is -0.571. The van der Waals surface area contributed by atoms with Crippen molar-refractivity contribution in [3.8, 4) is 0 Å². The summed E-state index contributed by atoms with van der Waals surface area (Å²) in [5.41, 5.74) is 6.17. The van der Waals surface area contributed by atoms with Crippen LogP contribution >= 0.6 is 0 Å². The highest BCUT2D eigenvalue weighted by molar-refractivity contribution is 4.81. The monoisotopic (exact) mass is 552 g/mol. The topological polar surface area (TPSA) is 66.5 Å². The number of allylic oxidation sites excluding steroid dienone is 2. The summed E-state index contributed by atoms with van der Waals surface area (Å²) in [6.07, 6.45) is 40.4. The van der Waals surface area contributed by atoms with Gasteiger partial charge in [-0.3, -0.25) is 0 Å². The Bertz CT molecular complexity index is 481. The van der Waals surface area contributed by atoms with Crippen molar-refractivity contribution >= 4 is 0 Å². The molecule has 0 aliphatic carbocycles. The van der Waals surface area contributed by atoms with Crippen LogP contribution in [-0.2, 0) is 0 Å². The van der Waals surface area contributed by atoms with Crippen molar-refractivity contribution in [1.29, 1.82) is 0 Å². The predicted octanol–water partition coefficient (Wildman–Crippen LogP) is 10.9. The highest BCUT2D eigenvalue weighted by atomic mass is 16.3. The zero-order chi connectivity index (χ0) is 28.7. The molecule has 0 aliphatic rings. The lowest BCUT2D eigenvalue weighted by molar-refractivity contribution is 0.0440. The van der Waals surface area contributed by atoms with Crippen LogP contribution in [0.4, 0.5) is 0 Å². The molecule has 0 aromatic carbocycles. The number of aliphatic hydroxyl groups is 2. The van der Waals surface area contributed by atoms with Crippen molar-refractivity contribution in [3.05, 3.63) is 12.2 Å². The lowest BCUT2D eigenvalue weighted by Gasteiger charge is -2.24. The maximum atomic E-state index is 10.4. The van der Waals surface area contributed by atoms with Gasteiger partial charge in [-0.15, -0.1) is 0 Å². The predicted molar refractivity (Wildman–Crippen MR) is 174 cm³/mol. The van der Waals surface area contributed by atoms with Crippen molar-refractivity contribution in [2.45, 2.75) is 218 Å². The van der Waals surface area contributed by atoms with Gasteiger partial charge in [-0.1, -0.05) is 174 Å². The Balaban J connectivity index is 3.45. The summed E-state index contributed by atoms with van der Waals surface area (Å²) in [6.45, 7) is 4.55. The first kappa shape index (κ1) is 38.6. The summed E-state index contributed by atoms with van der Waals surface area (Å²) < 4.78 is 0. The Kier molecular flexibility index (Phi) is 31.8. The molecule has 0 spiro atoms. The second-order valence-electron chi connectivity index (χ2n) is 12.5. The molecule has 0 saturated carbocycles. The SMILES string of the molecule is CCCCCCCCC=CCCCCCCCCC(O)C(N)C(O)CCCCCCCCCCCCCCC. The number of aliphatic hydroxyl groups excluding tert-OH is 2. The summed E-state index contributed by atoms with van der Waals surface area (Å²) in [6, 6.07) is -0.495. The van der Waals surface area contributed by atoms with E-state index in [1.807, 2.05) is 0 Å². The molecule has 0 aromatic heterocycles. The maximum Gasteiger partial charge on any atom is 0.0716 e. The molecule has 0 rings (SSSR count). The zero-order valence-corrected chi connectivity index (χ0v) is 26.9. The maximum absolute atomic E-state index is 10.4. The van der Waals surface area contributed by atoms with Gasteiger partial charge in [-0.2, -0.15) is 0 Å². The number of hydrogen-bond donors (Lipinski definition) is 3. The molecular weight excluding hydrogens is 478 g/mol. The standard InChI is InChI=1S/C36H73NO2/c1-3-5-7-9-11-13-15-17-18-19-21-23-25-27-29-31-33-35(39)36(37)34(38)32-30-28-26-24-22-20-16-14-12-10-8-6-4-2/h17-18,34-36,38-39H,3-16,19-33,37H2,1-2H3. The second kappa shape index (κ2) is 32.1. The molecule has 39 heavy (non-hydrogen) atoms. The minimum Gasteiger partial charge on any atom is -0.391 e. The van der Waals surface area contributed by atoms with Gasteiger partial charge in [0.25, 0.3) is 0 Å². The van der Waals surface area contributed by atoms with Crippen molar-refractivity contribution in [2.24, 2.45) is 5.73 Å². The number of hydrogen-bond acceptors (Lipinski definition) is 3. The van der Waals surface area contributed by atoms with Gasteiger partial charge >= 0.3 is 0 Å². The van der Waals surface area contributed by atoms with Gasteiger partial charge in [-0.05, 0) is 38.5 Å². The van der Waals surface area contributed by atoms with Crippen molar-refractivity contribution < 1.29 is 10.2 Å². The van der Waals surface area contributed by atoms with Gasteiger partial charge in [0.05, 0.1) is 18.2 Å². The molecule has 0 radical (unpaired) electrons. The van der Waals surface area contributed by atoms with E-state index >= 15 is 0 Å². The first-order chi connectivity index (χ1) is 19.1. The normalized spacial score (nSPS) is 14.3. The van der Waals surface area contributed by atoms with Crippen LogP contribution in [0.1, 0.15) is 200 Å². The summed E-state index contributed by atoms with van der Waals surface area (Å²) >= 11 is 0. The van der Waals surface area contributed by atoms with E-state index in [-0.39, 0.29) is 0 Å². The molecular formula is C36H73NO2. The third-order valence-corrected chi connectivity index (χ3v) is 8.50. The average Bonchev–Trinajstić information content (AvgIpc) is 2.94. The molecule has 3 atom stereocenters. The molecule has 3 heteroatoms. The van der Waals surface area contributed by atoms with Crippen LogP contribution < -0.4 is 5.73 Å². The molecule has 0 amide bonds. The highest BCUT2D eigenvalue weighted by Crippen LogP contribution is 2.16. The van der Waals surface area contributed by atoms with Crippen LogP contribution in [0.3, 0.4) is 0 Å². The van der Waals surface area contributed by atoms with E-state index in [0.29, 0.717) is 0 Å². The smallest absolute Gasteiger partial charge is 0.0716 e. The molecule has 0 fully saturated rings. The Morgan fingerprint density at radius 3 is 0.974 bits per heavy atom. The van der Waals surface area contributed by atoms with Gasteiger partial charge in [0.15, 0.2) is 0 Å². The van der Waals surface area contributed by atoms with E-state index < -0.39 is 18.2 Å². The largest absolute Gasteiger partial charge is 0.391 e. The Morgan fingerprint density at radius 1 is 0.410 bits per heavy atom. The molecule has 234 valence electrons. The number of rotatable bonds is 32. The fourth-order valence-electron chi connectivity index (χ4n) is 5.61.